The number of hydrogen-bond donors (Lipinski definition) is 2. The van der Waals surface area contributed by atoms with Crippen LogP contribution in [-0.4, -0.2) is 27.6 Å². The predicted octanol–water partition coefficient (Wildman–Crippen LogP) is 5.44. The molecule has 0 unspecified atom stereocenters. The van der Waals surface area contributed by atoms with E-state index in [1.807, 2.05) is 55.5 Å². The lowest BCUT2D eigenvalue weighted by atomic mass is 10.1. The molecule has 0 aliphatic rings. The number of aromatic amines is 1. The molecule has 31 heavy (non-hydrogen) atoms. The summed E-state index contributed by atoms with van der Waals surface area (Å²) < 4.78 is 7.44. The molecule has 4 rings (SSSR count). The Morgan fingerprint density at radius 2 is 1.87 bits per heavy atom. The van der Waals surface area contributed by atoms with Crippen molar-refractivity contribution in [3.8, 4) is 17.1 Å². The number of ether oxygens (including phenoxy) is 1. The lowest BCUT2D eigenvalue weighted by molar-refractivity contribution is -0.116. The first kappa shape index (κ1) is 20.7. The van der Waals surface area contributed by atoms with Crippen molar-refractivity contribution in [2.75, 3.05) is 12.4 Å². The SMILES string of the molecule is CCCC(=O)Nc1c(-c2nc3ccccc3[nH]2)c(C)c(C)n1Cc1ccc(OC)cc1. The van der Waals surface area contributed by atoms with Gasteiger partial charge in [-0.25, -0.2) is 4.98 Å². The first-order chi connectivity index (χ1) is 15.0. The molecule has 0 fully saturated rings. The van der Waals surface area contributed by atoms with E-state index >= 15 is 0 Å². The molecule has 0 saturated heterocycles. The molecule has 6 nitrogen and oxygen atoms in total. The number of nitrogens with zero attached hydrogens (tertiary/aromatic N) is 2. The van der Waals surface area contributed by atoms with E-state index in [1.54, 1.807) is 7.11 Å². The van der Waals surface area contributed by atoms with Gasteiger partial charge in [-0.1, -0.05) is 31.2 Å². The second-order valence-corrected chi connectivity index (χ2v) is 7.77. The zero-order valence-electron chi connectivity index (χ0n) is 18.5. The Morgan fingerprint density at radius 3 is 2.55 bits per heavy atom. The minimum atomic E-state index is 0.00772. The third-order valence-electron chi connectivity index (χ3n) is 5.69. The van der Waals surface area contributed by atoms with Gasteiger partial charge in [0.25, 0.3) is 0 Å². The largest absolute Gasteiger partial charge is 0.497 e. The molecule has 0 radical (unpaired) electrons. The Morgan fingerprint density at radius 1 is 1.13 bits per heavy atom. The number of benzene rings is 2. The van der Waals surface area contributed by atoms with Crippen molar-refractivity contribution in [3.05, 3.63) is 65.4 Å². The Labute approximate surface area is 182 Å². The van der Waals surface area contributed by atoms with Gasteiger partial charge in [-0.05, 0) is 55.7 Å². The monoisotopic (exact) mass is 416 g/mol. The molecule has 1 amide bonds. The summed E-state index contributed by atoms with van der Waals surface area (Å²) in [6.07, 6.45) is 1.27. The minimum Gasteiger partial charge on any atom is -0.497 e. The molecule has 2 N–H and O–H groups in total. The van der Waals surface area contributed by atoms with E-state index in [0.29, 0.717) is 13.0 Å². The van der Waals surface area contributed by atoms with E-state index in [2.05, 4.69) is 28.7 Å². The van der Waals surface area contributed by atoms with Gasteiger partial charge in [0.2, 0.25) is 5.91 Å². The lowest BCUT2D eigenvalue weighted by Gasteiger charge is -2.14. The second-order valence-electron chi connectivity index (χ2n) is 7.77. The normalized spacial score (nSPS) is 11.1. The minimum absolute atomic E-state index is 0.00772. The Hall–Kier alpha value is -3.54. The van der Waals surface area contributed by atoms with Gasteiger partial charge in [0.05, 0.1) is 23.7 Å². The molecule has 160 valence electrons. The second kappa shape index (κ2) is 8.68. The maximum absolute atomic E-state index is 12.6. The molecular formula is C25H28N4O2. The molecule has 2 aromatic heterocycles. The first-order valence-corrected chi connectivity index (χ1v) is 10.6. The van der Waals surface area contributed by atoms with Crippen LogP contribution in [0.5, 0.6) is 5.75 Å². The lowest BCUT2D eigenvalue weighted by Crippen LogP contribution is -2.16. The van der Waals surface area contributed by atoms with E-state index in [9.17, 15) is 4.79 Å². The van der Waals surface area contributed by atoms with Crippen LogP contribution in [0.4, 0.5) is 5.82 Å². The molecule has 0 saturated carbocycles. The molecule has 2 aromatic carbocycles. The van der Waals surface area contributed by atoms with Crippen molar-refractivity contribution in [2.45, 2.75) is 40.2 Å². The van der Waals surface area contributed by atoms with E-state index in [1.165, 1.54) is 0 Å². The fourth-order valence-electron chi connectivity index (χ4n) is 3.89. The van der Waals surface area contributed by atoms with Gasteiger partial charge in [-0.15, -0.1) is 0 Å². The standard InChI is InChI=1S/C25H28N4O2/c1-5-8-22(30)28-25-23(24-26-20-9-6-7-10-21(20)27-24)16(2)17(3)29(25)15-18-11-13-19(31-4)14-12-18/h6-7,9-14H,5,8,15H2,1-4H3,(H,26,27)(H,28,30). The number of amides is 1. The number of para-hydroxylation sites is 2. The maximum Gasteiger partial charge on any atom is 0.225 e. The molecule has 0 aliphatic carbocycles. The summed E-state index contributed by atoms with van der Waals surface area (Å²) in [6, 6.07) is 16.0. The smallest absolute Gasteiger partial charge is 0.225 e. The number of methoxy groups -OCH3 is 1. The summed E-state index contributed by atoms with van der Waals surface area (Å²) in [5.74, 6) is 2.38. The molecule has 2 heterocycles. The third-order valence-corrected chi connectivity index (χ3v) is 5.69. The van der Waals surface area contributed by atoms with Gasteiger partial charge in [0.1, 0.15) is 17.4 Å². The van der Waals surface area contributed by atoms with Crippen molar-refractivity contribution in [1.29, 1.82) is 0 Å². The number of aromatic nitrogens is 3. The number of fused-ring (bicyclic) bond motifs is 1. The van der Waals surface area contributed by atoms with Crippen LogP contribution >= 0.6 is 0 Å². The molecular weight excluding hydrogens is 388 g/mol. The van der Waals surface area contributed by atoms with Crippen molar-refractivity contribution in [3.63, 3.8) is 0 Å². The van der Waals surface area contributed by atoms with Gasteiger partial charge in [0.15, 0.2) is 0 Å². The summed E-state index contributed by atoms with van der Waals surface area (Å²) in [6.45, 7) is 6.81. The predicted molar refractivity (Wildman–Crippen MR) is 125 cm³/mol. The summed E-state index contributed by atoms with van der Waals surface area (Å²) in [5, 5.41) is 3.17. The zero-order valence-corrected chi connectivity index (χ0v) is 18.5. The van der Waals surface area contributed by atoms with Crippen molar-refractivity contribution >= 4 is 22.8 Å². The summed E-state index contributed by atoms with van der Waals surface area (Å²) in [7, 11) is 1.66. The van der Waals surface area contributed by atoms with E-state index in [0.717, 1.165) is 57.2 Å². The number of imidazole rings is 1. The third kappa shape index (κ3) is 4.06. The number of hydrogen-bond acceptors (Lipinski definition) is 3. The fraction of sp³-hybridized carbons (Fsp3) is 0.280. The number of carbonyl (C=O) groups excluding carboxylic acids is 1. The van der Waals surface area contributed by atoms with Crippen LogP contribution in [0.2, 0.25) is 0 Å². The first-order valence-electron chi connectivity index (χ1n) is 10.6. The highest BCUT2D eigenvalue weighted by Crippen LogP contribution is 2.36. The summed E-state index contributed by atoms with van der Waals surface area (Å²) in [4.78, 5) is 20.8. The van der Waals surface area contributed by atoms with Crippen molar-refractivity contribution in [1.82, 2.24) is 14.5 Å². The van der Waals surface area contributed by atoms with Gasteiger partial charge in [-0.2, -0.15) is 0 Å². The molecule has 0 atom stereocenters. The van der Waals surface area contributed by atoms with Crippen LogP contribution in [0, 0.1) is 13.8 Å². The topological polar surface area (TPSA) is 71.9 Å². The van der Waals surface area contributed by atoms with Gasteiger partial charge in [0, 0.05) is 18.7 Å². The molecule has 0 spiro atoms. The number of carbonyl (C=O) groups is 1. The maximum atomic E-state index is 12.6. The number of rotatable bonds is 7. The van der Waals surface area contributed by atoms with Crippen LogP contribution in [0.3, 0.4) is 0 Å². The van der Waals surface area contributed by atoms with Crippen LogP contribution in [0.25, 0.3) is 22.4 Å². The van der Waals surface area contributed by atoms with Crippen molar-refractivity contribution in [2.24, 2.45) is 0 Å². The van der Waals surface area contributed by atoms with Crippen LogP contribution < -0.4 is 10.1 Å². The number of nitrogens with one attached hydrogen (secondary N) is 2. The molecule has 6 heteroatoms. The van der Waals surface area contributed by atoms with E-state index in [-0.39, 0.29) is 5.91 Å². The van der Waals surface area contributed by atoms with E-state index < -0.39 is 0 Å². The van der Waals surface area contributed by atoms with Gasteiger partial charge < -0.3 is 19.6 Å². The average molecular weight is 417 g/mol. The Balaban J connectivity index is 1.83. The van der Waals surface area contributed by atoms with E-state index in [4.69, 9.17) is 9.72 Å². The number of H-pyrrole nitrogens is 1. The highest BCUT2D eigenvalue weighted by molar-refractivity contribution is 5.95. The van der Waals surface area contributed by atoms with Crippen LogP contribution in [0.1, 0.15) is 36.6 Å². The fourth-order valence-corrected chi connectivity index (χ4v) is 3.89. The van der Waals surface area contributed by atoms with Gasteiger partial charge >= 0.3 is 0 Å². The Kier molecular flexibility index (Phi) is 5.80. The molecule has 0 bridgehead atoms. The zero-order chi connectivity index (χ0) is 22.0. The highest BCUT2D eigenvalue weighted by atomic mass is 16.5. The number of anilines is 1. The molecule has 0 aliphatic heterocycles. The molecule has 4 aromatic rings. The summed E-state index contributed by atoms with van der Waals surface area (Å²) >= 11 is 0. The average Bonchev–Trinajstić information content (AvgIpc) is 3.29. The highest BCUT2D eigenvalue weighted by Gasteiger charge is 2.23. The van der Waals surface area contributed by atoms with Crippen LogP contribution in [0.15, 0.2) is 48.5 Å². The quantitative estimate of drug-likeness (QED) is 0.421. The van der Waals surface area contributed by atoms with Crippen LogP contribution in [-0.2, 0) is 11.3 Å². The Bertz CT molecular complexity index is 1190. The van der Waals surface area contributed by atoms with Crippen molar-refractivity contribution < 1.29 is 9.53 Å². The summed E-state index contributed by atoms with van der Waals surface area (Å²) in [5.41, 5.74) is 6.14. The van der Waals surface area contributed by atoms with Gasteiger partial charge in [-0.3, -0.25) is 4.79 Å².